The first-order valence-electron chi connectivity index (χ1n) is 12.6. The van der Waals surface area contributed by atoms with Gasteiger partial charge < -0.3 is 38.1 Å². The number of rotatable bonds is 15. The molecule has 3 amide bonds. The molecule has 1 aromatic heterocycles. The van der Waals surface area contributed by atoms with Gasteiger partial charge in [-0.05, 0) is 49.1 Å². The third kappa shape index (κ3) is 11.1. The van der Waals surface area contributed by atoms with Crippen molar-refractivity contribution in [3.8, 4) is 5.75 Å². The van der Waals surface area contributed by atoms with Gasteiger partial charge in [-0.3, -0.25) is 14.4 Å². The van der Waals surface area contributed by atoms with Crippen LogP contribution < -0.4 is 42.7 Å². The zero-order chi connectivity index (χ0) is 26.3. The molecule has 8 nitrogen and oxygen atoms in total. The number of benzene rings is 2. The van der Waals surface area contributed by atoms with Crippen molar-refractivity contribution in [2.75, 3.05) is 13.2 Å². The topological polar surface area (TPSA) is 114 Å². The molecule has 4 N–H and O–H groups in total. The normalized spacial score (nSPS) is 11.1. The van der Waals surface area contributed by atoms with Crippen molar-refractivity contribution in [1.29, 1.82) is 0 Å². The monoisotopic (exact) mass is 582 g/mol. The molecular weight excluding hydrogens is 548 g/mol. The van der Waals surface area contributed by atoms with Gasteiger partial charge in [0.25, 0.3) is 5.91 Å². The number of nitrogens with zero attached hydrogens (tertiary/aromatic N) is 1. The van der Waals surface area contributed by atoms with Gasteiger partial charge in [-0.25, -0.2) is 4.57 Å². The van der Waals surface area contributed by atoms with E-state index in [2.05, 4.69) is 27.6 Å². The van der Waals surface area contributed by atoms with Crippen molar-refractivity contribution >= 4 is 17.7 Å². The maximum absolute atomic E-state index is 12.4. The summed E-state index contributed by atoms with van der Waals surface area (Å²) in [5, 5.41) is 5.15. The first-order valence-corrected chi connectivity index (χ1v) is 12.6. The highest BCUT2D eigenvalue weighted by Gasteiger charge is 2.19. The molecule has 0 aliphatic carbocycles. The van der Waals surface area contributed by atoms with Crippen LogP contribution >= 0.6 is 0 Å². The number of unbranched alkanes of at least 4 members (excludes halogenated alkanes) is 3. The van der Waals surface area contributed by atoms with E-state index in [1.807, 2.05) is 48.5 Å². The van der Waals surface area contributed by atoms with Gasteiger partial charge in [0.1, 0.15) is 18.3 Å². The van der Waals surface area contributed by atoms with Crippen LogP contribution in [-0.2, 0) is 22.6 Å². The van der Waals surface area contributed by atoms with Crippen LogP contribution in [0.2, 0.25) is 0 Å². The van der Waals surface area contributed by atoms with Crippen LogP contribution in [0, 0.1) is 0 Å². The molecular formula is C29H35BrN4O4. The molecule has 1 atom stereocenters. The largest absolute Gasteiger partial charge is 1.00 e. The highest BCUT2D eigenvalue weighted by Crippen LogP contribution is 2.13. The Kier molecular flexibility index (Phi) is 13.6. The fraction of sp³-hybridized carbons (Fsp3) is 0.310. The Hall–Kier alpha value is -3.72. The Labute approximate surface area is 234 Å². The Bertz CT molecular complexity index is 1130. The molecule has 0 saturated carbocycles. The first kappa shape index (κ1) is 30.5. The molecule has 1 heterocycles. The zero-order valence-electron chi connectivity index (χ0n) is 21.4. The average molecular weight is 584 g/mol. The molecule has 2 aromatic carbocycles. The van der Waals surface area contributed by atoms with E-state index in [1.54, 1.807) is 24.3 Å². The van der Waals surface area contributed by atoms with Crippen LogP contribution in [0.15, 0.2) is 85.2 Å². The number of nitrogens with one attached hydrogen (secondary N) is 2. The summed E-state index contributed by atoms with van der Waals surface area (Å²) < 4.78 is 7.96. The lowest BCUT2D eigenvalue weighted by atomic mass is 10.1. The Morgan fingerprint density at radius 1 is 0.842 bits per heavy atom. The molecule has 0 aliphatic heterocycles. The molecule has 0 bridgehead atoms. The average Bonchev–Trinajstić information content (AvgIpc) is 2.92. The fourth-order valence-corrected chi connectivity index (χ4v) is 3.81. The second-order valence-corrected chi connectivity index (χ2v) is 8.80. The summed E-state index contributed by atoms with van der Waals surface area (Å²) in [7, 11) is 0. The Balaban J connectivity index is 0.00000507. The van der Waals surface area contributed by atoms with Gasteiger partial charge >= 0.3 is 0 Å². The standard InChI is InChI=1S/C29H34N4O4.BrH/c30-28(35)26(21-23-11-5-3-6-12-23)32-27(34)22-31-29(36)24-13-15-25(16-14-24)37-20-10-2-1-7-17-33-18-8-4-9-19-33;/h3-6,8-9,11-16,18-19,26H,1-2,7,10,17,20-22H2,(H3-,30,31,32,34,35,36);1H. The lowest BCUT2D eigenvalue weighted by molar-refractivity contribution is -0.697. The summed E-state index contributed by atoms with van der Waals surface area (Å²) in [6.07, 6.45) is 8.77. The molecule has 0 aliphatic rings. The number of primary amides is 1. The Morgan fingerprint density at radius 3 is 2.18 bits per heavy atom. The number of aromatic nitrogens is 1. The molecule has 0 fully saturated rings. The molecule has 202 valence electrons. The molecule has 3 rings (SSSR count). The third-order valence-electron chi connectivity index (χ3n) is 5.84. The highest BCUT2D eigenvalue weighted by molar-refractivity contribution is 5.97. The van der Waals surface area contributed by atoms with Crippen molar-refractivity contribution in [2.45, 2.75) is 44.7 Å². The fourth-order valence-electron chi connectivity index (χ4n) is 3.81. The van der Waals surface area contributed by atoms with Gasteiger partial charge in [0.05, 0.1) is 13.2 Å². The highest BCUT2D eigenvalue weighted by atomic mass is 79.9. The molecule has 0 spiro atoms. The molecule has 0 saturated heterocycles. The quantitative estimate of drug-likeness (QED) is 0.166. The second kappa shape index (κ2) is 16.9. The molecule has 38 heavy (non-hydrogen) atoms. The first-order chi connectivity index (χ1) is 18.0. The SMILES string of the molecule is NC(=O)C(Cc1ccccc1)NC(=O)CNC(=O)c1ccc(OCCCCCC[n+]2ccccc2)cc1.[Br-]. The summed E-state index contributed by atoms with van der Waals surface area (Å²) in [6, 6.07) is 21.3. The second-order valence-electron chi connectivity index (χ2n) is 8.80. The van der Waals surface area contributed by atoms with Crippen LogP contribution in [0.1, 0.15) is 41.6 Å². The number of carbonyl (C=O) groups is 3. The van der Waals surface area contributed by atoms with Crippen LogP contribution in [0.3, 0.4) is 0 Å². The number of halogens is 1. The lowest BCUT2D eigenvalue weighted by Crippen LogP contribution is -3.00. The summed E-state index contributed by atoms with van der Waals surface area (Å²) in [5.41, 5.74) is 6.71. The van der Waals surface area contributed by atoms with Crippen molar-refractivity contribution in [2.24, 2.45) is 5.73 Å². The van der Waals surface area contributed by atoms with Gasteiger partial charge in [0, 0.05) is 30.5 Å². The van der Waals surface area contributed by atoms with E-state index in [4.69, 9.17) is 10.5 Å². The zero-order valence-corrected chi connectivity index (χ0v) is 22.9. The van der Waals surface area contributed by atoms with E-state index in [9.17, 15) is 14.4 Å². The van der Waals surface area contributed by atoms with Crippen LogP contribution in [0.5, 0.6) is 5.75 Å². The van der Waals surface area contributed by atoms with Gasteiger partial charge in [0.2, 0.25) is 11.8 Å². The van der Waals surface area contributed by atoms with E-state index in [-0.39, 0.29) is 29.9 Å². The predicted molar refractivity (Wildman–Crippen MR) is 141 cm³/mol. The maximum atomic E-state index is 12.4. The minimum absolute atomic E-state index is 0. The van der Waals surface area contributed by atoms with Gasteiger partial charge in [0.15, 0.2) is 12.4 Å². The van der Waals surface area contributed by atoms with Crippen molar-refractivity contribution in [3.63, 3.8) is 0 Å². The van der Waals surface area contributed by atoms with E-state index in [1.165, 1.54) is 0 Å². The number of aryl methyl sites for hydroxylation is 1. The number of hydrogen-bond acceptors (Lipinski definition) is 4. The van der Waals surface area contributed by atoms with E-state index >= 15 is 0 Å². The molecule has 3 aromatic rings. The lowest BCUT2D eigenvalue weighted by Gasteiger charge is -2.16. The third-order valence-corrected chi connectivity index (χ3v) is 5.84. The number of carbonyl (C=O) groups excluding carboxylic acids is 3. The van der Waals surface area contributed by atoms with E-state index in [0.717, 1.165) is 37.8 Å². The molecule has 9 heteroatoms. The Morgan fingerprint density at radius 2 is 1.50 bits per heavy atom. The number of amides is 3. The van der Waals surface area contributed by atoms with Crippen molar-refractivity contribution in [3.05, 3.63) is 96.3 Å². The summed E-state index contributed by atoms with van der Waals surface area (Å²) in [5.74, 6) is -0.822. The predicted octanol–water partition coefficient (Wildman–Crippen LogP) is -0.440. The van der Waals surface area contributed by atoms with Gasteiger partial charge in [-0.1, -0.05) is 36.4 Å². The number of nitrogens with two attached hydrogens (primary N) is 1. The van der Waals surface area contributed by atoms with Crippen LogP contribution in [0.25, 0.3) is 0 Å². The molecule has 0 radical (unpaired) electrons. The minimum atomic E-state index is -0.856. The maximum Gasteiger partial charge on any atom is 0.251 e. The summed E-state index contributed by atoms with van der Waals surface area (Å²) >= 11 is 0. The smallest absolute Gasteiger partial charge is 0.251 e. The van der Waals surface area contributed by atoms with Crippen LogP contribution in [-0.4, -0.2) is 36.9 Å². The number of ether oxygens (including phenoxy) is 1. The van der Waals surface area contributed by atoms with E-state index < -0.39 is 23.8 Å². The van der Waals surface area contributed by atoms with Crippen molar-refractivity contribution in [1.82, 2.24) is 10.6 Å². The number of hydrogen-bond donors (Lipinski definition) is 3. The number of pyridine rings is 1. The van der Waals surface area contributed by atoms with Gasteiger partial charge in [-0.15, -0.1) is 0 Å². The van der Waals surface area contributed by atoms with E-state index in [0.29, 0.717) is 17.9 Å². The molecule has 1 unspecified atom stereocenters. The summed E-state index contributed by atoms with van der Waals surface area (Å²) in [4.78, 5) is 36.4. The minimum Gasteiger partial charge on any atom is -1.00 e. The van der Waals surface area contributed by atoms with Gasteiger partial charge in [-0.2, -0.15) is 0 Å². The van der Waals surface area contributed by atoms with Crippen LogP contribution in [0.4, 0.5) is 0 Å². The van der Waals surface area contributed by atoms with Crippen molar-refractivity contribution < 1.29 is 40.7 Å². The summed E-state index contributed by atoms with van der Waals surface area (Å²) in [6.45, 7) is 1.37.